The molecule has 0 saturated carbocycles. The number of nitrogens with two attached hydrogens (primary N) is 1. The minimum absolute atomic E-state index is 0.137. The summed E-state index contributed by atoms with van der Waals surface area (Å²) in [6, 6.07) is 13.3. The number of pyridine rings is 1. The molecule has 7 heteroatoms. The first-order valence-corrected chi connectivity index (χ1v) is 9.84. The van der Waals surface area contributed by atoms with Crippen molar-refractivity contribution in [3.63, 3.8) is 0 Å². The van der Waals surface area contributed by atoms with Crippen molar-refractivity contribution >= 4 is 21.2 Å². The zero-order chi connectivity index (χ0) is 18.5. The molecule has 0 aliphatic carbocycles. The molecule has 132 valence electrons. The van der Waals surface area contributed by atoms with E-state index in [1.807, 2.05) is 35.0 Å². The third-order valence-corrected chi connectivity index (χ3v) is 5.86. The summed E-state index contributed by atoms with van der Waals surface area (Å²) >= 11 is 0. The van der Waals surface area contributed by atoms with Gasteiger partial charge in [0.05, 0.1) is 16.0 Å². The number of benzene rings is 1. The first kappa shape index (κ1) is 16.6. The molecule has 0 bridgehead atoms. The van der Waals surface area contributed by atoms with Gasteiger partial charge >= 0.3 is 0 Å². The first-order valence-electron chi connectivity index (χ1n) is 8.29. The van der Waals surface area contributed by atoms with Crippen LogP contribution >= 0.6 is 0 Å². The van der Waals surface area contributed by atoms with E-state index < -0.39 is 10.0 Å². The van der Waals surface area contributed by atoms with Gasteiger partial charge in [-0.15, -0.1) is 0 Å². The number of sulfonamides is 1. The molecule has 0 spiro atoms. The van der Waals surface area contributed by atoms with Crippen LogP contribution in [0, 0.1) is 11.3 Å². The summed E-state index contributed by atoms with van der Waals surface area (Å²) in [6.45, 7) is 2.69. The number of anilines is 1. The van der Waals surface area contributed by atoms with Crippen LogP contribution in [-0.2, 0) is 23.0 Å². The van der Waals surface area contributed by atoms with Gasteiger partial charge in [-0.05, 0) is 49.2 Å². The van der Waals surface area contributed by atoms with Gasteiger partial charge < -0.3 is 9.30 Å². The summed E-state index contributed by atoms with van der Waals surface area (Å²) in [6.07, 6.45) is 4.66. The van der Waals surface area contributed by atoms with Crippen LogP contribution in [0.1, 0.15) is 23.6 Å². The number of rotatable bonds is 3. The lowest BCUT2D eigenvalue weighted by Crippen LogP contribution is -2.28. The fourth-order valence-corrected chi connectivity index (χ4v) is 4.26. The molecule has 2 N–H and O–H groups in total. The van der Waals surface area contributed by atoms with E-state index in [0.29, 0.717) is 12.1 Å². The van der Waals surface area contributed by atoms with E-state index in [1.54, 1.807) is 18.2 Å². The zero-order valence-electron chi connectivity index (χ0n) is 14.3. The minimum atomic E-state index is -3.71. The molecule has 3 aromatic rings. The number of hydrogen-bond donors (Lipinski definition) is 1. The van der Waals surface area contributed by atoms with Gasteiger partial charge in [0.2, 0.25) is 10.0 Å². The highest BCUT2D eigenvalue weighted by molar-refractivity contribution is 7.89. The summed E-state index contributed by atoms with van der Waals surface area (Å²) < 4.78 is 25.1. The Morgan fingerprint density at radius 1 is 1.31 bits per heavy atom. The molecule has 0 radical (unpaired) electrons. The van der Waals surface area contributed by atoms with Crippen LogP contribution in [0.15, 0.2) is 53.7 Å². The smallest absolute Gasteiger partial charge is 0.238 e. The lowest BCUT2D eigenvalue weighted by atomic mass is 10.1. The number of primary sulfonamides is 1. The Morgan fingerprint density at radius 3 is 2.85 bits per heavy atom. The van der Waals surface area contributed by atoms with Crippen LogP contribution < -0.4 is 10.0 Å². The number of aromatic nitrogens is 1. The molecular weight excluding hydrogens is 348 g/mol. The molecule has 3 heterocycles. The summed E-state index contributed by atoms with van der Waals surface area (Å²) in [5, 5.41) is 14.8. The number of fused-ring (bicyclic) bond motifs is 2. The SMILES string of the molecule is CC1Cc2cc(S(N)(=O)=O)ccc2N1Cc1cn2ccccc2c1C#N. The minimum Gasteiger partial charge on any atom is -0.364 e. The fourth-order valence-electron chi connectivity index (χ4n) is 3.70. The molecule has 26 heavy (non-hydrogen) atoms. The maximum atomic E-state index is 11.6. The Hall–Kier alpha value is -2.82. The first-order chi connectivity index (χ1) is 12.4. The fraction of sp³-hybridized carbons (Fsp3) is 0.211. The van der Waals surface area contributed by atoms with E-state index in [-0.39, 0.29) is 10.9 Å². The molecule has 1 aliphatic rings. The summed E-state index contributed by atoms with van der Waals surface area (Å²) in [4.78, 5) is 2.34. The third-order valence-electron chi connectivity index (χ3n) is 4.95. The molecule has 0 saturated heterocycles. The van der Waals surface area contributed by atoms with Gasteiger partial charge in [-0.1, -0.05) is 6.07 Å². The molecule has 4 rings (SSSR count). The van der Waals surface area contributed by atoms with Crippen LogP contribution in [0.5, 0.6) is 0 Å². The Balaban J connectivity index is 1.74. The lowest BCUT2D eigenvalue weighted by molar-refractivity contribution is 0.597. The second-order valence-corrected chi connectivity index (χ2v) is 8.21. The van der Waals surface area contributed by atoms with E-state index in [2.05, 4.69) is 17.9 Å². The average Bonchev–Trinajstić information content (AvgIpc) is 3.11. The Kier molecular flexibility index (Phi) is 3.75. The van der Waals surface area contributed by atoms with Crippen LogP contribution in [-0.4, -0.2) is 18.9 Å². The molecule has 1 atom stereocenters. The highest BCUT2D eigenvalue weighted by Crippen LogP contribution is 2.35. The van der Waals surface area contributed by atoms with Gasteiger partial charge in [0.25, 0.3) is 0 Å². The van der Waals surface area contributed by atoms with E-state index in [4.69, 9.17) is 5.14 Å². The van der Waals surface area contributed by atoms with Gasteiger partial charge in [-0.2, -0.15) is 5.26 Å². The number of nitrogens with zero attached hydrogens (tertiary/aromatic N) is 3. The number of hydrogen-bond acceptors (Lipinski definition) is 4. The molecule has 2 aromatic heterocycles. The highest BCUT2D eigenvalue weighted by Gasteiger charge is 2.28. The maximum absolute atomic E-state index is 11.6. The second kappa shape index (κ2) is 5.87. The Morgan fingerprint density at radius 2 is 2.12 bits per heavy atom. The van der Waals surface area contributed by atoms with Crippen LogP contribution in [0.2, 0.25) is 0 Å². The van der Waals surface area contributed by atoms with Gasteiger partial charge in [-0.3, -0.25) is 0 Å². The second-order valence-electron chi connectivity index (χ2n) is 6.65. The quantitative estimate of drug-likeness (QED) is 0.770. The van der Waals surface area contributed by atoms with Gasteiger partial charge in [-0.25, -0.2) is 13.6 Å². The molecule has 0 fully saturated rings. The van der Waals surface area contributed by atoms with Crippen molar-refractivity contribution in [3.8, 4) is 6.07 Å². The highest BCUT2D eigenvalue weighted by atomic mass is 32.2. The molecule has 1 aromatic carbocycles. The molecule has 6 nitrogen and oxygen atoms in total. The molecular formula is C19H18N4O2S. The van der Waals surface area contributed by atoms with Crippen molar-refractivity contribution < 1.29 is 8.42 Å². The van der Waals surface area contributed by atoms with Crippen molar-refractivity contribution in [1.29, 1.82) is 5.26 Å². The topological polar surface area (TPSA) is 91.6 Å². The van der Waals surface area contributed by atoms with Gasteiger partial charge in [0, 0.05) is 36.2 Å². The van der Waals surface area contributed by atoms with E-state index >= 15 is 0 Å². The monoisotopic (exact) mass is 366 g/mol. The van der Waals surface area contributed by atoms with Crippen molar-refractivity contribution in [2.75, 3.05) is 4.90 Å². The van der Waals surface area contributed by atoms with Crippen LogP contribution in [0.25, 0.3) is 5.52 Å². The van der Waals surface area contributed by atoms with Crippen LogP contribution in [0.3, 0.4) is 0 Å². The molecule has 1 aliphatic heterocycles. The normalized spacial score (nSPS) is 16.7. The summed E-state index contributed by atoms with van der Waals surface area (Å²) in [7, 11) is -3.71. The lowest BCUT2D eigenvalue weighted by Gasteiger charge is -2.24. The van der Waals surface area contributed by atoms with Crippen molar-refractivity contribution in [2.24, 2.45) is 5.14 Å². The predicted octanol–water partition coefficient (Wildman–Crippen LogP) is 2.41. The maximum Gasteiger partial charge on any atom is 0.238 e. The Bertz CT molecular complexity index is 1160. The van der Waals surface area contributed by atoms with E-state index in [0.717, 1.165) is 28.8 Å². The van der Waals surface area contributed by atoms with Gasteiger partial charge in [0.1, 0.15) is 6.07 Å². The van der Waals surface area contributed by atoms with Gasteiger partial charge in [0.15, 0.2) is 0 Å². The summed E-state index contributed by atoms with van der Waals surface area (Å²) in [5.41, 5.74) is 4.47. The molecule has 1 unspecified atom stereocenters. The predicted molar refractivity (Wildman–Crippen MR) is 99.3 cm³/mol. The average molecular weight is 366 g/mol. The molecule has 0 amide bonds. The largest absolute Gasteiger partial charge is 0.364 e. The van der Waals surface area contributed by atoms with E-state index in [1.165, 1.54) is 0 Å². The van der Waals surface area contributed by atoms with Crippen LogP contribution in [0.4, 0.5) is 5.69 Å². The standard InChI is InChI=1S/C19H18N4O2S/c1-13-8-14-9-16(26(21,24)25)5-6-18(14)23(13)12-15-11-22-7-3-2-4-19(22)17(15)10-20/h2-7,9,11,13H,8,12H2,1H3,(H2,21,24,25). The number of nitriles is 1. The Labute approximate surface area is 152 Å². The van der Waals surface area contributed by atoms with Crippen molar-refractivity contribution in [2.45, 2.75) is 30.8 Å². The van der Waals surface area contributed by atoms with E-state index in [9.17, 15) is 13.7 Å². The van der Waals surface area contributed by atoms with Crippen molar-refractivity contribution in [3.05, 3.63) is 65.5 Å². The summed E-state index contributed by atoms with van der Waals surface area (Å²) in [5.74, 6) is 0. The zero-order valence-corrected chi connectivity index (χ0v) is 15.1. The third kappa shape index (κ3) is 2.64. The van der Waals surface area contributed by atoms with Crippen molar-refractivity contribution in [1.82, 2.24) is 4.40 Å².